The first-order chi connectivity index (χ1) is 9.19. The first-order valence-electron chi connectivity index (χ1n) is 5.57. The van der Waals surface area contributed by atoms with E-state index in [2.05, 4.69) is 15.3 Å². The van der Waals surface area contributed by atoms with Crippen LogP contribution in [0.1, 0.15) is 11.1 Å². The van der Waals surface area contributed by atoms with E-state index in [4.69, 9.17) is 15.2 Å². The number of carbonyl (C=O) groups is 1. The average molecular weight is 261 g/mol. The zero-order valence-electron chi connectivity index (χ0n) is 10.1. The van der Waals surface area contributed by atoms with Crippen molar-refractivity contribution in [2.45, 2.75) is 0 Å². The Morgan fingerprint density at radius 3 is 2.89 bits per heavy atom. The topological polar surface area (TPSA) is 95.2 Å². The van der Waals surface area contributed by atoms with Crippen LogP contribution in [0.4, 0.5) is 4.79 Å². The predicted octanol–water partition coefficient (Wildman–Crippen LogP) is 0.897. The molecule has 1 heterocycles. The van der Waals surface area contributed by atoms with Crippen LogP contribution in [0.25, 0.3) is 11.6 Å². The van der Waals surface area contributed by atoms with Crippen molar-refractivity contribution in [1.82, 2.24) is 5.32 Å². The molecule has 1 aromatic rings. The third kappa shape index (κ3) is 1.85. The second-order valence-electron chi connectivity index (χ2n) is 3.96. The van der Waals surface area contributed by atoms with Gasteiger partial charge in [0.25, 0.3) is 0 Å². The van der Waals surface area contributed by atoms with E-state index >= 15 is 0 Å². The lowest BCUT2D eigenvalue weighted by Gasteiger charge is -2.19. The number of rotatable bonds is 2. The molecule has 3 rings (SSSR count). The molecule has 7 heteroatoms. The molecular formula is C12H11N3O4. The molecule has 7 nitrogen and oxygen atoms in total. The van der Waals surface area contributed by atoms with Crippen LogP contribution in [0.15, 0.2) is 17.3 Å². The van der Waals surface area contributed by atoms with Gasteiger partial charge in [-0.15, -0.1) is 0 Å². The Bertz CT molecular complexity index is 622. The highest BCUT2D eigenvalue weighted by atomic mass is 16.7. The standard InChI is InChI=1S/C12H11N3O4/c1-14-12(16)19-15-11(13)8-2-6-3-9-10(4-7(6)8)18-5-17-9/h2-4H,5H2,1H3,(H2,13,15)(H,14,16). The molecular weight excluding hydrogens is 250 g/mol. The lowest BCUT2D eigenvalue weighted by molar-refractivity contribution is 0.153. The molecule has 0 saturated carbocycles. The number of carbonyl (C=O) groups excluding carboxylic acids is 1. The molecule has 2 aliphatic rings. The molecule has 0 radical (unpaired) electrons. The summed E-state index contributed by atoms with van der Waals surface area (Å²) >= 11 is 0. The summed E-state index contributed by atoms with van der Waals surface area (Å²) in [5.41, 5.74) is 8.33. The molecule has 0 spiro atoms. The first-order valence-corrected chi connectivity index (χ1v) is 5.57. The predicted molar refractivity (Wildman–Crippen MR) is 67.6 cm³/mol. The molecule has 98 valence electrons. The summed E-state index contributed by atoms with van der Waals surface area (Å²) in [6.45, 7) is 0.219. The summed E-state index contributed by atoms with van der Waals surface area (Å²) in [6, 6.07) is 3.70. The minimum atomic E-state index is -0.672. The summed E-state index contributed by atoms with van der Waals surface area (Å²) in [5, 5.41) is 5.82. The number of fused-ring (bicyclic) bond motifs is 2. The molecule has 1 amide bonds. The van der Waals surface area contributed by atoms with Gasteiger partial charge in [0.15, 0.2) is 17.3 Å². The molecule has 1 aliphatic carbocycles. The van der Waals surface area contributed by atoms with Crippen LogP contribution in [0, 0.1) is 0 Å². The van der Waals surface area contributed by atoms with Gasteiger partial charge >= 0.3 is 6.09 Å². The number of hydrogen-bond acceptors (Lipinski definition) is 5. The number of nitrogens with two attached hydrogens (primary N) is 1. The highest BCUT2D eigenvalue weighted by Crippen LogP contribution is 2.42. The van der Waals surface area contributed by atoms with Gasteiger partial charge in [0.05, 0.1) is 0 Å². The Hall–Kier alpha value is -2.70. The third-order valence-corrected chi connectivity index (χ3v) is 2.84. The maximum Gasteiger partial charge on any atom is 0.433 e. The molecule has 19 heavy (non-hydrogen) atoms. The molecule has 0 atom stereocenters. The van der Waals surface area contributed by atoms with Crippen molar-refractivity contribution in [3.8, 4) is 11.5 Å². The van der Waals surface area contributed by atoms with Crippen molar-refractivity contribution in [2.24, 2.45) is 10.9 Å². The summed E-state index contributed by atoms with van der Waals surface area (Å²) in [4.78, 5) is 15.4. The number of benzene rings is 1. The van der Waals surface area contributed by atoms with E-state index in [-0.39, 0.29) is 12.6 Å². The van der Waals surface area contributed by atoms with Crippen molar-refractivity contribution < 1.29 is 19.1 Å². The number of amides is 1. The second-order valence-corrected chi connectivity index (χ2v) is 3.96. The zero-order valence-corrected chi connectivity index (χ0v) is 10.1. The number of ether oxygens (including phenoxy) is 2. The van der Waals surface area contributed by atoms with E-state index in [9.17, 15) is 4.79 Å². The molecule has 0 aromatic heterocycles. The number of amidine groups is 1. The average Bonchev–Trinajstić information content (AvgIpc) is 2.85. The van der Waals surface area contributed by atoms with Crippen LogP contribution in [0.5, 0.6) is 11.5 Å². The van der Waals surface area contributed by atoms with Crippen LogP contribution in [-0.4, -0.2) is 25.8 Å². The minimum Gasteiger partial charge on any atom is -0.454 e. The van der Waals surface area contributed by atoms with Gasteiger partial charge in [-0.05, 0) is 29.3 Å². The summed E-state index contributed by atoms with van der Waals surface area (Å²) in [7, 11) is 1.44. The summed E-state index contributed by atoms with van der Waals surface area (Å²) in [6.07, 6.45) is 1.16. The van der Waals surface area contributed by atoms with Crippen LogP contribution in [0.3, 0.4) is 0 Å². The van der Waals surface area contributed by atoms with Crippen LogP contribution >= 0.6 is 0 Å². The van der Waals surface area contributed by atoms with E-state index in [1.54, 1.807) is 0 Å². The number of hydrogen-bond donors (Lipinski definition) is 2. The van der Waals surface area contributed by atoms with Gasteiger partial charge in [-0.1, -0.05) is 5.16 Å². The molecule has 0 unspecified atom stereocenters. The lowest BCUT2D eigenvalue weighted by Crippen LogP contribution is -2.22. The molecule has 1 aliphatic heterocycles. The van der Waals surface area contributed by atoms with Crippen molar-refractivity contribution in [2.75, 3.05) is 13.8 Å². The number of oxime groups is 1. The van der Waals surface area contributed by atoms with Gasteiger partial charge in [0.1, 0.15) is 0 Å². The Morgan fingerprint density at radius 2 is 2.16 bits per heavy atom. The fourth-order valence-electron chi connectivity index (χ4n) is 1.86. The molecule has 0 fully saturated rings. The number of nitrogens with one attached hydrogen (secondary N) is 1. The van der Waals surface area contributed by atoms with E-state index in [1.165, 1.54) is 7.05 Å². The lowest BCUT2D eigenvalue weighted by atomic mass is 9.87. The van der Waals surface area contributed by atoms with Gasteiger partial charge < -0.3 is 20.5 Å². The van der Waals surface area contributed by atoms with E-state index in [0.29, 0.717) is 17.1 Å². The Labute approximate surface area is 108 Å². The minimum absolute atomic E-state index is 0.134. The molecule has 0 saturated heterocycles. The van der Waals surface area contributed by atoms with E-state index < -0.39 is 6.09 Å². The Balaban J connectivity index is 1.80. The van der Waals surface area contributed by atoms with Crippen LogP contribution < -0.4 is 20.5 Å². The van der Waals surface area contributed by atoms with E-state index in [0.717, 1.165) is 11.1 Å². The monoisotopic (exact) mass is 261 g/mol. The van der Waals surface area contributed by atoms with Gasteiger partial charge in [-0.3, -0.25) is 4.84 Å². The van der Waals surface area contributed by atoms with Crippen LogP contribution in [-0.2, 0) is 4.84 Å². The quantitative estimate of drug-likeness (QED) is 0.357. The zero-order chi connectivity index (χ0) is 13.4. The maximum atomic E-state index is 10.9. The van der Waals surface area contributed by atoms with Crippen molar-refractivity contribution in [3.63, 3.8) is 0 Å². The van der Waals surface area contributed by atoms with Gasteiger partial charge in [0, 0.05) is 12.6 Å². The first kappa shape index (κ1) is 11.4. The van der Waals surface area contributed by atoms with Crippen LogP contribution in [0.2, 0.25) is 0 Å². The smallest absolute Gasteiger partial charge is 0.433 e. The Kier molecular flexibility index (Phi) is 2.52. The fourth-order valence-corrected chi connectivity index (χ4v) is 1.86. The van der Waals surface area contributed by atoms with Gasteiger partial charge in [-0.25, -0.2) is 4.79 Å². The van der Waals surface area contributed by atoms with Crippen molar-refractivity contribution in [1.29, 1.82) is 0 Å². The molecule has 1 aromatic carbocycles. The summed E-state index contributed by atoms with van der Waals surface area (Å²) < 4.78 is 10.6. The molecule has 3 N–H and O–H groups in total. The highest BCUT2D eigenvalue weighted by Gasteiger charge is 2.25. The Morgan fingerprint density at radius 1 is 1.42 bits per heavy atom. The SMILES string of the molecule is CNC(=O)ON=C(N)C1=Cc2cc3c(cc21)OCO3. The second kappa shape index (κ2) is 4.20. The third-order valence-electron chi connectivity index (χ3n) is 2.84. The van der Waals surface area contributed by atoms with Gasteiger partial charge in [0.2, 0.25) is 6.79 Å². The fraction of sp³-hybridized carbons (Fsp3) is 0.167. The normalized spacial score (nSPS) is 15.2. The van der Waals surface area contributed by atoms with E-state index in [1.807, 2.05) is 18.2 Å². The molecule has 0 bridgehead atoms. The number of nitrogens with zero attached hydrogens (tertiary/aromatic N) is 1. The van der Waals surface area contributed by atoms with Crippen molar-refractivity contribution >= 4 is 23.6 Å². The van der Waals surface area contributed by atoms with Crippen molar-refractivity contribution in [3.05, 3.63) is 23.3 Å². The maximum absolute atomic E-state index is 10.9. The largest absolute Gasteiger partial charge is 0.454 e. The highest BCUT2D eigenvalue weighted by molar-refractivity contribution is 6.31. The van der Waals surface area contributed by atoms with Gasteiger partial charge in [-0.2, -0.15) is 0 Å². The summed E-state index contributed by atoms with van der Waals surface area (Å²) in [5.74, 6) is 1.52.